The Morgan fingerprint density at radius 1 is 1.10 bits per heavy atom. The molecule has 1 N–H and O–H groups in total. The van der Waals surface area contributed by atoms with Crippen molar-refractivity contribution in [3.63, 3.8) is 0 Å². The second kappa shape index (κ2) is 5.66. The number of halogens is 3. The molecule has 1 aliphatic carbocycles. The number of hydrogen-bond acceptors (Lipinski definition) is 1. The van der Waals surface area contributed by atoms with Crippen molar-refractivity contribution < 1.29 is 13.2 Å². The average Bonchev–Trinajstić information content (AvgIpc) is 2.35. The van der Waals surface area contributed by atoms with Crippen LogP contribution in [-0.2, 0) is 6.18 Å². The third-order valence-electron chi connectivity index (χ3n) is 4.51. The van der Waals surface area contributed by atoms with Gasteiger partial charge in [-0.1, -0.05) is 19.9 Å². The molecule has 0 saturated heterocycles. The van der Waals surface area contributed by atoms with Crippen molar-refractivity contribution in [3.05, 3.63) is 29.3 Å². The Balaban J connectivity index is 2.11. The van der Waals surface area contributed by atoms with Gasteiger partial charge in [-0.2, -0.15) is 13.2 Å². The van der Waals surface area contributed by atoms with Gasteiger partial charge in [0.15, 0.2) is 0 Å². The van der Waals surface area contributed by atoms with E-state index < -0.39 is 11.7 Å². The zero-order valence-electron chi connectivity index (χ0n) is 12.2. The van der Waals surface area contributed by atoms with Gasteiger partial charge in [0, 0.05) is 11.7 Å². The van der Waals surface area contributed by atoms with Crippen molar-refractivity contribution in [1.82, 2.24) is 0 Å². The third-order valence-corrected chi connectivity index (χ3v) is 4.51. The Morgan fingerprint density at radius 3 is 2.40 bits per heavy atom. The van der Waals surface area contributed by atoms with Gasteiger partial charge in [0.2, 0.25) is 0 Å². The van der Waals surface area contributed by atoms with E-state index in [1.165, 1.54) is 13.0 Å². The summed E-state index contributed by atoms with van der Waals surface area (Å²) in [5.74, 6) is 1.32. The number of rotatable bonds is 2. The van der Waals surface area contributed by atoms with Crippen LogP contribution in [0.2, 0.25) is 0 Å². The van der Waals surface area contributed by atoms with Gasteiger partial charge in [-0.15, -0.1) is 0 Å². The van der Waals surface area contributed by atoms with Crippen LogP contribution >= 0.6 is 0 Å². The van der Waals surface area contributed by atoms with Gasteiger partial charge >= 0.3 is 6.18 Å². The number of nitrogens with one attached hydrogen (secondary N) is 1. The first-order valence-corrected chi connectivity index (χ1v) is 7.21. The molecule has 0 spiro atoms. The van der Waals surface area contributed by atoms with Crippen LogP contribution in [0.4, 0.5) is 18.9 Å². The first-order chi connectivity index (χ1) is 9.27. The normalized spacial score (nSPS) is 27.4. The standard InChI is InChI=1S/C16H22F3N/c1-10-4-6-13(8-12(10)3)20-14-7-5-11(2)15(9-14)16(17,18)19/h5,7,9-10,12-13,20H,4,6,8H2,1-3H3. The van der Waals surface area contributed by atoms with Crippen molar-refractivity contribution in [2.45, 2.75) is 52.3 Å². The Hall–Kier alpha value is -1.19. The summed E-state index contributed by atoms with van der Waals surface area (Å²) in [5, 5.41) is 3.27. The lowest BCUT2D eigenvalue weighted by atomic mass is 9.79. The molecule has 1 aromatic rings. The number of aryl methyl sites for hydroxylation is 1. The maximum absolute atomic E-state index is 12.9. The first kappa shape index (κ1) is 15.2. The molecule has 0 radical (unpaired) electrons. The summed E-state index contributed by atoms with van der Waals surface area (Å²) in [6, 6.07) is 4.80. The Labute approximate surface area is 118 Å². The molecule has 2 rings (SSSR count). The molecule has 20 heavy (non-hydrogen) atoms. The van der Waals surface area contributed by atoms with Gasteiger partial charge in [0.1, 0.15) is 0 Å². The molecule has 1 fully saturated rings. The Kier molecular flexibility index (Phi) is 4.31. The summed E-state index contributed by atoms with van der Waals surface area (Å²) in [5.41, 5.74) is 0.308. The zero-order chi connectivity index (χ0) is 14.9. The molecule has 4 heteroatoms. The van der Waals surface area contributed by atoms with Crippen LogP contribution in [0.3, 0.4) is 0 Å². The van der Waals surface area contributed by atoms with Gasteiger partial charge in [0.05, 0.1) is 5.56 Å². The third kappa shape index (κ3) is 3.47. The number of hydrogen-bond donors (Lipinski definition) is 1. The predicted molar refractivity (Wildman–Crippen MR) is 75.8 cm³/mol. The van der Waals surface area contributed by atoms with E-state index in [0.717, 1.165) is 19.3 Å². The maximum Gasteiger partial charge on any atom is 0.416 e. The SMILES string of the molecule is Cc1ccc(NC2CCC(C)C(C)C2)cc1C(F)(F)F. The summed E-state index contributed by atoms with van der Waals surface area (Å²) < 4.78 is 38.7. The van der Waals surface area contributed by atoms with E-state index in [-0.39, 0.29) is 11.6 Å². The van der Waals surface area contributed by atoms with Crippen LogP contribution in [0.25, 0.3) is 0 Å². The molecule has 3 atom stereocenters. The molecule has 0 aromatic heterocycles. The smallest absolute Gasteiger partial charge is 0.382 e. The lowest BCUT2D eigenvalue weighted by Crippen LogP contribution is -2.30. The van der Waals surface area contributed by atoms with Crippen LogP contribution in [0.1, 0.15) is 44.2 Å². The molecule has 1 aliphatic rings. The van der Waals surface area contributed by atoms with Gasteiger partial charge in [-0.05, 0) is 55.7 Å². The molecule has 3 unspecified atom stereocenters. The van der Waals surface area contributed by atoms with Crippen molar-refractivity contribution in [2.75, 3.05) is 5.32 Å². The highest BCUT2D eigenvalue weighted by Crippen LogP contribution is 2.35. The molecule has 1 nitrogen and oxygen atoms in total. The van der Waals surface area contributed by atoms with Crippen molar-refractivity contribution in [1.29, 1.82) is 0 Å². The second-order valence-electron chi connectivity index (χ2n) is 6.14. The highest BCUT2D eigenvalue weighted by molar-refractivity contribution is 5.50. The van der Waals surface area contributed by atoms with Crippen LogP contribution < -0.4 is 5.32 Å². The van der Waals surface area contributed by atoms with E-state index in [0.29, 0.717) is 17.5 Å². The maximum atomic E-state index is 12.9. The summed E-state index contributed by atoms with van der Waals surface area (Å²) in [7, 11) is 0. The highest BCUT2D eigenvalue weighted by atomic mass is 19.4. The summed E-state index contributed by atoms with van der Waals surface area (Å²) >= 11 is 0. The van der Waals surface area contributed by atoms with Crippen molar-refractivity contribution in [2.24, 2.45) is 11.8 Å². The predicted octanol–water partition coefficient (Wildman–Crippen LogP) is 5.25. The van der Waals surface area contributed by atoms with E-state index in [9.17, 15) is 13.2 Å². The highest BCUT2D eigenvalue weighted by Gasteiger charge is 2.32. The van der Waals surface area contributed by atoms with Crippen LogP contribution in [0.15, 0.2) is 18.2 Å². The molecule has 1 aromatic carbocycles. The fourth-order valence-corrected chi connectivity index (χ4v) is 2.93. The fraction of sp³-hybridized carbons (Fsp3) is 0.625. The van der Waals surface area contributed by atoms with Crippen molar-refractivity contribution in [3.8, 4) is 0 Å². The van der Waals surface area contributed by atoms with Gasteiger partial charge in [-0.25, -0.2) is 0 Å². The largest absolute Gasteiger partial charge is 0.416 e. The molecule has 0 bridgehead atoms. The molecule has 0 aliphatic heterocycles. The molecular formula is C16H22F3N. The van der Waals surface area contributed by atoms with Crippen LogP contribution in [0, 0.1) is 18.8 Å². The first-order valence-electron chi connectivity index (χ1n) is 7.21. The zero-order valence-corrected chi connectivity index (χ0v) is 12.2. The monoisotopic (exact) mass is 285 g/mol. The molecule has 0 heterocycles. The lowest BCUT2D eigenvalue weighted by Gasteiger charge is -2.33. The lowest BCUT2D eigenvalue weighted by molar-refractivity contribution is -0.138. The summed E-state index contributed by atoms with van der Waals surface area (Å²) in [6.45, 7) is 5.96. The average molecular weight is 285 g/mol. The van der Waals surface area contributed by atoms with Crippen LogP contribution in [0.5, 0.6) is 0 Å². The van der Waals surface area contributed by atoms with Crippen molar-refractivity contribution >= 4 is 5.69 Å². The van der Waals surface area contributed by atoms with E-state index in [4.69, 9.17) is 0 Å². The number of alkyl halides is 3. The fourth-order valence-electron chi connectivity index (χ4n) is 2.93. The minimum Gasteiger partial charge on any atom is -0.382 e. The molecule has 1 saturated carbocycles. The van der Waals surface area contributed by atoms with Gasteiger partial charge in [-0.3, -0.25) is 0 Å². The number of anilines is 1. The number of benzene rings is 1. The van der Waals surface area contributed by atoms with E-state index in [1.807, 2.05) is 0 Å². The van der Waals surface area contributed by atoms with Gasteiger partial charge < -0.3 is 5.32 Å². The Bertz CT molecular complexity index is 467. The molecule has 0 amide bonds. The minimum absolute atomic E-state index is 0.272. The van der Waals surface area contributed by atoms with E-state index >= 15 is 0 Å². The second-order valence-corrected chi connectivity index (χ2v) is 6.14. The van der Waals surface area contributed by atoms with Crippen LogP contribution in [-0.4, -0.2) is 6.04 Å². The topological polar surface area (TPSA) is 12.0 Å². The molecular weight excluding hydrogens is 263 g/mol. The van der Waals surface area contributed by atoms with Gasteiger partial charge in [0.25, 0.3) is 0 Å². The van der Waals surface area contributed by atoms with E-state index in [1.54, 1.807) is 12.1 Å². The summed E-state index contributed by atoms with van der Waals surface area (Å²) in [6.07, 6.45) is -1.09. The van der Waals surface area contributed by atoms with E-state index in [2.05, 4.69) is 19.2 Å². The minimum atomic E-state index is -4.28. The Morgan fingerprint density at radius 2 is 1.80 bits per heavy atom. The quantitative estimate of drug-likeness (QED) is 0.782. The molecule has 112 valence electrons. The summed E-state index contributed by atoms with van der Waals surface area (Å²) in [4.78, 5) is 0.